The van der Waals surface area contributed by atoms with Crippen molar-refractivity contribution in [2.24, 2.45) is 0 Å². The van der Waals surface area contributed by atoms with Crippen molar-refractivity contribution in [3.63, 3.8) is 0 Å². The van der Waals surface area contributed by atoms with Crippen molar-refractivity contribution in [2.45, 2.75) is 12.8 Å². The first kappa shape index (κ1) is 18.7. The first-order chi connectivity index (χ1) is 13.1. The van der Waals surface area contributed by atoms with Crippen LogP contribution in [0.25, 0.3) is 5.57 Å². The van der Waals surface area contributed by atoms with E-state index in [-0.39, 0.29) is 0 Å². The number of hydrogen-bond donors (Lipinski definition) is 1. The quantitative estimate of drug-likeness (QED) is 0.564. The molecule has 0 unspecified atom stereocenters. The van der Waals surface area contributed by atoms with Crippen molar-refractivity contribution >= 4 is 34.2 Å². The van der Waals surface area contributed by atoms with Gasteiger partial charge in [0.1, 0.15) is 16.6 Å². The number of rotatable bonds is 5. The summed E-state index contributed by atoms with van der Waals surface area (Å²) in [6.07, 6.45) is 1.61. The minimum Gasteiger partial charge on any atom is -0.360 e. The van der Waals surface area contributed by atoms with Crippen LogP contribution in [0.3, 0.4) is 0 Å². The van der Waals surface area contributed by atoms with Crippen molar-refractivity contribution in [3.8, 4) is 12.1 Å². The Kier molecular flexibility index (Phi) is 5.88. The molecular formula is C21H15ClN4S. The number of benzene rings is 2. The van der Waals surface area contributed by atoms with Gasteiger partial charge in [0.2, 0.25) is 0 Å². The van der Waals surface area contributed by atoms with E-state index >= 15 is 0 Å². The number of anilines is 1. The Bertz CT molecular complexity index is 1060. The number of aryl methyl sites for hydroxylation is 1. The van der Waals surface area contributed by atoms with Crippen LogP contribution in [0.2, 0.25) is 5.02 Å². The van der Waals surface area contributed by atoms with E-state index in [0.29, 0.717) is 15.6 Å². The second-order valence-electron chi connectivity index (χ2n) is 5.82. The molecular weight excluding hydrogens is 376 g/mol. The van der Waals surface area contributed by atoms with Gasteiger partial charge in [-0.1, -0.05) is 48.0 Å². The second kappa shape index (κ2) is 8.51. The third kappa shape index (κ3) is 4.35. The molecule has 2 aromatic carbocycles. The highest BCUT2D eigenvalue weighted by Crippen LogP contribution is 2.32. The van der Waals surface area contributed by atoms with E-state index < -0.39 is 5.92 Å². The summed E-state index contributed by atoms with van der Waals surface area (Å²) in [7, 11) is 0. The summed E-state index contributed by atoms with van der Waals surface area (Å²) in [4.78, 5) is 4.32. The molecule has 3 rings (SSSR count). The van der Waals surface area contributed by atoms with Crippen molar-refractivity contribution in [2.75, 3.05) is 5.32 Å². The number of halogens is 1. The topological polar surface area (TPSA) is 72.5 Å². The van der Waals surface area contributed by atoms with Crippen molar-refractivity contribution in [3.05, 3.63) is 87.0 Å². The Labute approximate surface area is 167 Å². The molecule has 27 heavy (non-hydrogen) atoms. The number of hydrogen-bond acceptors (Lipinski definition) is 5. The van der Waals surface area contributed by atoms with Gasteiger partial charge in [-0.15, -0.1) is 11.3 Å². The van der Waals surface area contributed by atoms with Gasteiger partial charge in [-0.25, -0.2) is 4.98 Å². The molecule has 6 heteroatoms. The molecule has 1 atom stereocenters. The number of aromatic nitrogens is 1. The van der Waals surface area contributed by atoms with Gasteiger partial charge >= 0.3 is 0 Å². The minimum atomic E-state index is -0.434. The van der Waals surface area contributed by atoms with Crippen LogP contribution in [0.4, 0.5) is 5.69 Å². The van der Waals surface area contributed by atoms with Gasteiger partial charge in [-0.2, -0.15) is 10.5 Å². The van der Waals surface area contributed by atoms with Gasteiger partial charge in [-0.05, 0) is 30.2 Å². The maximum Gasteiger partial charge on any atom is 0.135 e. The Hall–Kier alpha value is -3.12. The zero-order valence-electron chi connectivity index (χ0n) is 14.5. The van der Waals surface area contributed by atoms with Gasteiger partial charge in [0.05, 0.1) is 12.0 Å². The number of thiazole rings is 1. The average molecular weight is 391 g/mol. The fraction of sp³-hybridized carbons (Fsp3) is 0.0952. The Balaban J connectivity index is 1.84. The SMILES string of the molecule is Cc1csc(/C(C#N)=C/Nc2ccc([C@H](C#N)c3ccccc3)c(Cl)c2)n1. The van der Waals surface area contributed by atoms with Crippen molar-refractivity contribution in [1.82, 2.24) is 4.98 Å². The maximum atomic E-state index is 9.59. The molecule has 0 spiro atoms. The molecule has 0 saturated heterocycles. The van der Waals surface area contributed by atoms with Gasteiger partial charge in [0.15, 0.2) is 0 Å². The van der Waals surface area contributed by atoms with Crippen LogP contribution in [-0.4, -0.2) is 4.98 Å². The highest BCUT2D eigenvalue weighted by Gasteiger charge is 2.16. The standard InChI is InChI=1S/C21H15ClN4S/c1-14-13-27-21(26-14)16(10-23)12-25-17-7-8-18(20(22)9-17)19(11-24)15-5-3-2-4-6-15/h2-9,12-13,19,25H,1H3/b16-12+/t19-/m1/s1. The summed E-state index contributed by atoms with van der Waals surface area (Å²) in [5.41, 5.74) is 3.71. The molecule has 1 aromatic heterocycles. The fourth-order valence-electron chi connectivity index (χ4n) is 2.60. The third-order valence-electron chi connectivity index (χ3n) is 3.93. The van der Waals surface area contributed by atoms with Crippen LogP contribution >= 0.6 is 22.9 Å². The molecule has 0 fully saturated rings. The summed E-state index contributed by atoms with van der Waals surface area (Å²) >= 11 is 7.86. The van der Waals surface area contributed by atoms with E-state index in [0.717, 1.165) is 22.5 Å². The summed E-state index contributed by atoms with van der Waals surface area (Å²) in [6, 6.07) is 19.4. The van der Waals surface area contributed by atoms with Crippen LogP contribution in [-0.2, 0) is 0 Å². The lowest BCUT2D eigenvalue weighted by molar-refractivity contribution is 1.04. The Morgan fingerprint density at radius 1 is 1.22 bits per heavy atom. The largest absolute Gasteiger partial charge is 0.360 e. The average Bonchev–Trinajstić information content (AvgIpc) is 3.11. The molecule has 0 radical (unpaired) electrons. The van der Waals surface area contributed by atoms with E-state index in [1.165, 1.54) is 11.3 Å². The molecule has 4 nitrogen and oxygen atoms in total. The first-order valence-electron chi connectivity index (χ1n) is 8.15. The molecule has 0 aliphatic rings. The van der Waals surface area contributed by atoms with E-state index in [1.807, 2.05) is 54.8 Å². The molecule has 132 valence electrons. The van der Waals surface area contributed by atoms with Crippen molar-refractivity contribution < 1.29 is 0 Å². The monoisotopic (exact) mass is 390 g/mol. The Morgan fingerprint density at radius 2 is 2.00 bits per heavy atom. The van der Waals surface area contributed by atoms with E-state index in [9.17, 15) is 10.5 Å². The van der Waals surface area contributed by atoms with Gasteiger partial charge in [0.25, 0.3) is 0 Å². The second-order valence-corrected chi connectivity index (χ2v) is 7.08. The smallest absolute Gasteiger partial charge is 0.135 e. The summed E-state index contributed by atoms with van der Waals surface area (Å²) < 4.78 is 0. The number of nitrogens with zero attached hydrogens (tertiary/aromatic N) is 3. The number of allylic oxidation sites excluding steroid dienone is 1. The van der Waals surface area contributed by atoms with Crippen LogP contribution < -0.4 is 5.32 Å². The van der Waals surface area contributed by atoms with E-state index in [1.54, 1.807) is 12.3 Å². The minimum absolute atomic E-state index is 0.434. The molecule has 1 N–H and O–H groups in total. The summed E-state index contributed by atoms with van der Waals surface area (Å²) in [5.74, 6) is -0.434. The summed E-state index contributed by atoms with van der Waals surface area (Å²) in [5, 5.41) is 25.1. The van der Waals surface area contributed by atoms with E-state index in [2.05, 4.69) is 22.4 Å². The molecule has 0 saturated carbocycles. The van der Waals surface area contributed by atoms with Crippen LogP contribution in [0.1, 0.15) is 27.7 Å². The number of nitrogens with one attached hydrogen (secondary N) is 1. The number of nitriles is 2. The molecule has 0 aliphatic carbocycles. The summed E-state index contributed by atoms with van der Waals surface area (Å²) in [6.45, 7) is 1.89. The van der Waals surface area contributed by atoms with Crippen LogP contribution in [0, 0.1) is 29.6 Å². The highest BCUT2D eigenvalue weighted by atomic mass is 35.5. The maximum absolute atomic E-state index is 9.59. The molecule has 0 bridgehead atoms. The molecule has 1 heterocycles. The molecule has 3 aromatic rings. The predicted octanol–water partition coefficient (Wildman–Crippen LogP) is 5.74. The Morgan fingerprint density at radius 3 is 2.59 bits per heavy atom. The van der Waals surface area contributed by atoms with Crippen molar-refractivity contribution in [1.29, 1.82) is 10.5 Å². The predicted molar refractivity (Wildman–Crippen MR) is 109 cm³/mol. The lowest BCUT2D eigenvalue weighted by Crippen LogP contribution is -2.00. The molecule has 0 aliphatic heterocycles. The zero-order valence-corrected chi connectivity index (χ0v) is 16.1. The van der Waals surface area contributed by atoms with Gasteiger partial charge in [0, 0.05) is 28.0 Å². The van der Waals surface area contributed by atoms with E-state index in [4.69, 9.17) is 11.6 Å². The lowest BCUT2D eigenvalue weighted by Gasteiger charge is -2.13. The third-order valence-corrected chi connectivity index (χ3v) is 5.25. The van der Waals surface area contributed by atoms with Crippen LogP contribution in [0.5, 0.6) is 0 Å². The van der Waals surface area contributed by atoms with Gasteiger partial charge < -0.3 is 5.32 Å². The lowest BCUT2D eigenvalue weighted by atomic mass is 9.92. The zero-order chi connectivity index (χ0) is 19.2. The fourth-order valence-corrected chi connectivity index (χ4v) is 3.65. The van der Waals surface area contributed by atoms with Gasteiger partial charge in [-0.3, -0.25) is 0 Å². The first-order valence-corrected chi connectivity index (χ1v) is 9.41. The van der Waals surface area contributed by atoms with Crippen LogP contribution in [0.15, 0.2) is 60.1 Å². The normalized spacial score (nSPS) is 12.1. The highest BCUT2D eigenvalue weighted by molar-refractivity contribution is 7.10. The molecule has 0 amide bonds.